The van der Waals surface area contributed by atoms with Gasteiger partial charge in [0.15, 0.2) is 5.96 Å². The second kappa shape index (κ2) is 12.2. The Morgan fingerprint density at radius 1 is 1.36 bits per heavy atom. The van der Waals surface area contributed by atoms with Crippen LogP contribution in [0.4, 0.5) is 8.78 Å². The smallest absolute Gasteiger partial charge is 0.255 e. The van der Waals surface area contributed by atoms with Crippen LogP contribution in [-0.4, -0.2) is 32.1 Å². The van der Waals surface area contributed by atoms with E-state index < -0.39 is 13.0 Å². The molecule has 1 aromatic rings. The van der Waals surface area contributed by atoms with Gasteiger partial charge in [0.1, 0.15) is 12.4 Å². The second-order valence-corrected chi connectivity index (χ2v) is 4.17. The zero-order valence-electron chi connectivity index (χ0n) is 12.5. The number of ether oxygens (including phenoxy) is 1. The lowest BCUT2D eigenvalue weighted by molar-refractivity contribution is 0.152. The molecule has 4 nitrogen and oxygen atoms in total. The van der Waals surface area contributed by atoms with Crippen molar-refractivity contribution in [1.82, 2.24) is 10.6 Å². The third kappa shape index (κ3) is 8.16. The van der Waals surface area contributed by atoms with E-state index in [2.05, 4.69) is 22.2 Å². The van der Waals surface area contributed by atoms with Gasteiger partial charge in [-0.3, -0.25) is 0 Å². The fourth-order valence-corrected chi connectivity index (χ4v) is 1.60. The van der Waals surface area contributed by atoms with Gasteiger partial charge in [0, 0.05) is 12.1 Å². The minimum atomic E-state index is -2.42. The Kier molecular flexibility index (Phi) is 11.4. The molecule has 0 unspecified atom stereocenters. The molecule has 22 heavy (non-hydrogen) atoms. The van der Waals surface area contributed by atoms with Crippen molar-refractivity contribution >= 4 is 29.9 Å². The van der Waals surface area contributed by atoms with Gasteiger partial charge >= 0.3 is 0 Å². The summed E-state index contributed by atoms with van der Waals surface area (Å²) in [6.45, 7) is 6.39. The fourth-order valence-electron chi connectivity index (χ4n) is 1.60. The van der Waals surface area contributed by atoms with Crippen molar-refractivity contribution in [3.63, 3.8) is 0 Å². The zero-order chi connectivity index (χ0) is 15.5. The zero-order valence-corrected chi connectivity index (χ0v) is 14.8. The van der Waals surface area contributed by atoms with Crippen molar-refractivity contribution in [3.8, 4) is 5.75 Å². The van der Waals surface area contributed by atoms with E-state index in [1.54, 1.807) is 6.08 Å². The lowest BCUT2D eigenvalue weighted by Crippen LogP contribution is -2.39. The maximum atomic E-state index is 12.2. The summed E-state index contributed by atoms with van der Waals surface area (Å²) in [6.07, 6.45) is -0.758. The van der Waals surface area contributed by atoms with Crippen molar-refractivity contribution in [2.75, 3.05) is 19.7 Å². The molecule has 7 heteroatoms. The summed E-state index contributed by atoms with van der Waals surface area (Å²) in [7, 11) is 0. The Labute approximate surface area is 147 Å². The van der Waals surface area contributed by atoms with Gasteiger partial charge < -0.3 is 15.4 Å². The average molecular weight is 425 g/mol. The molecule has 0 aliphatic carbocycles. The van der Waals surface area contributed by atoms with Gasteiger partial charge in [-0.15, -0.1) is 24.0 Å². The fraction of sp³-hybridized carbons (Fsp3) is 0.400. The molecular weight excluding hydrogens is 403 g/mol. The molecular formula is C15H22F2IN3O. The molecule has 1 rings (SSSR count). The predicted octanol–water partition coefficient (Wildman–Crippen LogP) is 3.19. The van der Waals surface area contributed by atoms with E-state index >= 15 is 0 Å². The third-order valence-corrected chi connectivity index (χ3v) is 2.50. The van der Waals surface area contributed by atoms with Crippen LogP contribution in [0.5, 0.6) is 5.75 Å². The van der Waals surface area contributed by atoms with Gasteiger partial charge in [-0.2, -0.15) is 0 Å². The predicted molar refractivity (Wildman–Crippen MR) is 96.4 cm³/mol. The van der Waals surface area contributed by atoms with E-state index in [4.69, 9.17) is 4.74 Å². The van der Waals surface area contributed by atoms with Crippen molar-refractivity contribution < 1.29 is 13.5 Å². The van der Waals surface area contributed by atoms with E-state index in [9.17, 15) is 8.78 Å². The number of hydrogen-bond donors (Lipinski definition) is 2. The number of aliphatic imine (C=N–C) groups is 1. The number of nitrogens with zero attached hydrogens (tertiary/aromatic N) is 1. The number of halogens is 3. The molecule has 0 saturated carbocycles. The Bertz CT molecular complexity index is 470. The summed E-state index contributed by atoms with van der Waals surface area (Å²) in [5.74, 6) is 1.07. The highest BCUT2D eigenvalue weighted by Gasteiger charge is 2.05. The van der Waals surface area contributed by atoms with Crippen LogP contribution in [0.2, 0.25) is 0 Å². The highest BCUT2D eigenvalue weighted by atomic mass is 127. The minimum absolute atomic E-state index is 0. The Hall–Kier alpha value is -1.38. The van der Waals surface area contributed by atoms with Crippen LogP contribution in [0, 0.1) is 0 Å². The summed E-state index contributed by atoms with van der Waals surface area (Å²) in [5, 5.41) is 5.50. The average Bonchev–Trinajstić information content (AvgIpc) is 2.48. The molecule has 0 bridgehead atoms. The highest BCUT2D eigenvalue weighted by Crippen LogP contribution is 2.18. The van der Waals surface area contributed by atoms with Gasteiger partial charge in [0.25, 0.3) is 6.43 Å². The first-order valence-electron chi connectivity index (χ1n) is 6.79. The standard InChI is InChI=1S/C15H21F2N3O.HI/c1-3-9-21-13-8-6-5-7-12(13)10-19-15(18-4-2)20-11-14(16)17;/h3,5-8,14H,1,4,9-11H2,2H3,(H2,18,19,20);1H. The summed E-state index contributed by atoms with van der Waals surface area (Å²) in [6, 6.07) is 7.48. The van der Waals surface area contributed by atoms with Crippen molar-refractivity contribution in [3.05, 3.63) is 42.5 Å². The summed E-state index contributed by atoms with van der Waals surface area (Å²) < 4.78 is 30.0. The van der Waals surface area contributed by atoms with E-state index in [1.807, 2.05) is 31.2 Å². The minimum Gasteiger partial charge on any atom is -0.489 e. The van der Waals surface area contributed by atoms with Crippen molar-refractivity contribution in [1.29, 1.82) is 0 Å². The first-order chi connectivity index (χ1) is 10.2. The number of alkyl halides is 2. The SMILES string of the molecule is C=CCOc1ccccc1CN=C(NCC)NCC(F)F.I. The van der Waals surface area contributed by atoms with Crippen LogP contribution in [0.3, 0.4) is 0 Å². The normalized spacial score (nSPS) is 10.8. The van der Waals surface area contributed by atoms with E-state index in [1.165, 1.54) is 0 Å². The van der Waals surface area contributed by atoms with Gasteiger partial charge in [-0.05, 0) is 13.0 Å². The van der Waals surface area contributed by atoms with Crippen molar-refractivity contribution in [2.24, 2.45) is 4.99 Å². The molecule has 0 spiro atoms. The molecule has 0 fully saturated rings. The molecule has 1 aromatic carbocycles. The van der Waals surface area contributed by atoms with Crippen LogP contribution in [0.25, 0.3) is 0 Å². The molecule has 0 aliphatic rings. The largest absolute Gasteiger partial charge is 0.489 e. The van der Waals surface area contributed by atoms with Crippen molar-refractivity contribution in [2.45, 2.75) is 19.9 Å². The first-order valence-corrected chi connectivity index (χ1v) is 6.79. The topological polar surface area (TPSA) is 45.6 Å². The number of hydrogen-bond acceptors (Lipinski definition) is 2. The third-order valence-electron chi connectivity index (χ3n) is 2.50. The first kappa shape index (κ1) is 20.6. The maximum absolute atomic E-state index is 12.2. The summed E-state index contributed by atoms with van der Waals surface area (Å²) >= 11 is 0. The number of guanidine groups is 1. The number of nitrogens with one attached hydrogen (secondary N) is 2. The Morgan fingerprint density at radius 3 is 2.73 bits per heavy atom. The number of para-hydroxylation sites is 1. The Morgan fingerprint density at radius 2 is 2.09 bits per heavy atom. The molecule has 0 radical (unpaired) electrons. The lowest BCUT2D eigenvalue weighted by Gasteiger charge is -2.12. The molecule has 0 saturated heterocycles. The maximum Gasteiger partial charge on any atom is 0.255 e. The number of rotatable bonds is 8. The van der Waals surface area contributed by atoms with Crippen LogP contribution >= 0.6 is 24.0 Å². The quantitative estimate of drug-likeness (QED) is 0.291. The highest BCUT2D eigenvalue weighted by molar-refractivity contribution is 14.0. The Balaban J connectivity index is 0.00000441. The molecule has 0 amide bonds. The van der Waals surface area contributed by atoms with Gasteiger partial charge in [-0.25, -0.2) is 13.8 Å². The van der Waals surface area contributed by atoms with Crippen LogP contribution in [0.15, 0.2) is 41.9 Å². The second-order valence-electron chi connectivity index (χ2n) is 4.17. The molecule has 0 heterocycles. The van der Waals surface area contributed by atoms with Crippen LogP contribution < -0.4 is 15.4 Å². The van der Waals surface area contributed by atoms with Crippen LogP contribution in [0.1, 0.15) is 12.5 Å². The summed E-state index contributed by atoms with van der Waals surface area (Å²) in [4.78, 5) is 4.28. The molecule has 124 valence electrons. The number of benzene rings is 1. The summed E-state index contributed by atoms with van der Waals surface area (Å²) in [5.41, 5.74) is 0.883. The van der Waals surface area contributed by atoms with Crippen LogP contribution in [-0.2, 0) is 6.54 Å². The van der Waals surface area contributed by atoms with E-state index in [-0.39, 0.29) is 24.0 Å². The molecule has 0 aliphatic heterocycles. The van der Waals surface area contributed by atoms with E-state index in [0.717, 1.165) is 5.56 Å². The molecule has 0 aromatic heterocycles. The van der Waals surface area contributed by atoms with E-state index in [0.29, 0.717) is 31.4 Å². The molecule has 0 atom stereocenters. The monoisotopic (exact) mass is 425 g/mol. The lowest BCUT2D eigenvalue weighted by atomic mass is 10.2. The van der Waals surface area contributed by atoms with Gasteiger partial charge in [-0.1, -0.05) is 30.9 Å². The van der Waals surface area contributed by atoms with Gasteiger partial charge in [0.2, 0.25) is 0 Å². The van der Waals surface area contributed by atoms with Gasteiger partial charge in [0.05, 0.1) is 13.1 Å². The molecule has 2 N–H and O–H groups in total.